The largest absolute Gasteiger partial charge is 0.387 e. The Morgan fingerprint density at radius 1 is 1.40 bits per heavy atom. The van der Waals surface area contributed by atoms with E-state index in [2.05, 4.69) is 15.1 Å². The molecule has 3 heterocycles. The molecule has 8 nitrogen and oxygen atoms in total. The van der Waals surface area contributed by atoms with E-state index >= 15 is 0 Å². The van der Waals surface area contributed by atoms with E-state index in [4.69, 9.17) is 4.52 Å². The lowest BCUT2D eigenvalue weighted by atomic mass is 10.0. The molecule has 0 aliphatic carbocycles. The Hall–Kier alpha value is -2.32. The van der Waals surface area contributed by atoms with Gasteiger partial charge < -0.3 is 19.4 Å². The summed E-state index contributed by atoms with van der Waals surface area (Å²) >= 11 is 0. The number of amides is 1. The van der Waals surface area contributed by atoms with Crippen molar-refractivity contribution in [2.45, 2.75) is 24.9 Å². The number of aryl methyl sites for hydroxylation is 1. The normalized spacial score (nSPS) is 20.4. The number of carbonyl (C=O) groups excluding carboxylic acids is 1. The van der Waals surface area contributed by atoms with Crippen molar-refractivity contribution in [3.05, 3.63) is 30.4 Å². The lowest BCUT2D eigenvalue weighted by Gasteiger charge is -2.26. The second-order valence-corrected chi connectivity index (χ2v) is 6.78. The molecule has 1 N–H and O–H groups in total. The van der Waals surface area contributed by atoms with Gasteiger partial charge in [0.1, 0.15) is 0 Å². The molecule has 2 aromatic rings. The lowest BCUT2D eigenvalue weighted by molar-refractivity contribution is -0.131. The Balaban J connectivity index is 1.53. The van der Waals surface area contributed by atoms with Crippen LogP contribution in [-0.2, 0) is 11.2 Å². The Morgan fingerprint density at radius 3 is 2.88 bits per heavy atom. The molecule has 25 heavy (non-hydrogen) atoms. The predicted molar refractivity (Wildman–Crippen MR) is 90.6 cm³/mol. The van der Waals surface area contributed by atoms with Crippen molar-refractivity contribution in [2.75, 3.05) is 33.7 Å². The van der Waals surface area contributed by atoms with Crippen LogP contribution < -0.4 is 0 Å². The zero-order valence-corrected chi connectivity index (χ0v) is 14.6. The minimum Gasteiger partial charge on any atom is -0.387 e. The predicted octanol–water partition coefficient (Wildman–Crippen LogP) is 0.589. The number of β-amino-alcohol motifs (C(OH)–C–C–N with tert-alkyl or cyclic N) is 1. The number of hydrogen-bond donors (Lipinski definition) is 1. The molecule has 0 spiro atoms. The Kier molecular flexibility index (Phi) is 5.10. The van der Waals surface area contributed by atoms with E-state index in [0.717, 1.165) is 5.56 Å². The minimum absolute atomic E-state index is 0.00153. The Morgan fingerprint density at radius 2 is 2.16 bits per heavy atom. The molecule has 8 heteroatoms. The number of nitrogens with zero attached hydrogens (tertiary/aromatic N) is 5. The SMILES string of the molecule is CN(C)C[C@@]1(O)CCN(C(=O)CCc2nc(-c3ccncc3)no2)C1. The average molecular weight is 345 g/mol. The van der Waals surface area contributed by atoms with Gasteiger partial charge in [-0.15, -0.1) is 0 Å². The third kappa shape index (κ3) is 4.40. The van der Waals surface area contributed by atoms with Crippen LogP contribution in [0.25, 0.3) is 11.4 Å². The van der Waals surface area contributed by atoms with Gasteiger partial charge in [0.05, 0.1) is 12.1 Å². The van der Waals surface area contributed by atoms with Crippen molar-refractivity contribution in [2.24, 2.45) is 0 Å². The van der Waals surface area contributed by atoms with Gasteiger partial charge in [0.25, 0.3) is 0 Å². The molecule has 0 aromatic carbocycles. The van der Waals surface area contributed by atoms with E-state index in [1.807, 2.05) is 19.0 Å². The number of likely N-dealkylation sites (tertiary alicyclic amines) is 1. The molecule has 0 bridgehead atoms. The molecule has 3 rings (SSSR count). The van der Waals surface area contributed by atoms with E-state index in [1.165, 1.54) is 0 Å². The highest BCUT2D eigenvalue weighted by Gasteiger charge is 2.38. The van der Waals surface area contributed by atoms with E-state index in [9.17, 15) is 9.90 Å². The minimum atomic E-state index is -0.821. The van der Waals surface area contributed by atoms with Crippen LogP contribution in [-0.4, -0.2) is 75.3 Å². The Labute approximate surface area is 146 Å². The first kappa shape index (κ1) is 17.5. The van der Waals surface area contributed by atoms with Crippen LogP contribution in [0, 0.1) is 0 Å². The van der Waals surface area contributed by atoms with Gasteiger partial charge in [0.15, 0.2) is 0 Å². The van der Waals surface area contributed by atoms with Crippen molar-refractivity contribution in [3.63, 3.8) is 0 Å². The average Bonchev–Trinajstić information content (AvgIpc) is 3.20. The molecule has 1 fully saturated rings. The summed E-state index contributed by atoms with van der Waals surface area (Å²) in [7, 11) is 3.83. The Bertz CT molecular complexity index is 718. The number of likely N-dealkylation sites (N-methyl/N-ethyl adjacent to an activating group) is 1. The van der Waals surface area contributed by atoms with Gasteiger partial charge in [-0.3, -0.25) is 9.78 Å². The summed E-state index contributed by atoms with van der Waals surface area (Å²) < 4.78 is 5.22. The summed E-state index contributed by atoms with van der Waals surface area (Å²) in [6, 6.07) is 3.60. The van der Waals surface area contributed by atoms with Crippen LogP contribution in [0.5, 0.6) is 0 Å². The van der Waals surface area contributed by atoms with Crippen LogP contribution >= 0.6 is 0 Å². The monoisotopic (exact) mass is 345 g/mol. The summed E-state index contributed by atoms with van der Waals surface area (Å²) in [6.07, 6.45) is 4.60. The van der Waals surface area contributed by atoms with Crippen molar-refractivity contribution in [3.8, 4) is 11.4 Å². The fourth-order valence-electron chi connectivity index (χ4n) is 3.13. The fraction of sp³-hybridized carbons (Fsp3) is 0.529. The van der Waals surface area contributed by atoms with Crippen LogP contribution in [0.3, 0.4) is 0 Å². The van der Waals surface area contributed by atoms with Gasteiger partial charge in [-0.1, -0.05) is 5.16 Å². The number of pyridine rings is 1. The standard InChI is InChI=1S/C17H23N5O3/c1-21(2)11-17(24)7-10-22(12-17)15(23)4-3-14-19-16(20-25-14)13-5-8-18-9-6-13/h5-6,8-9,24H,3-4,7,10-12H2,1-2H3/t17-/m0/s1. The maximum Gasteiger partial charge on any atom is 0.227 e. The molecule has 1 saturated heterocycles. The summed E-state index contributed by atoms with van der Waals surface area (Å²) in [5.74, 6) is 0.924. The molecule has 0 radical (unpaired) electrons. The van der Waals surface area contributed by atoms with Crippen LogP contribution in [0.1, 0.15) is 18.7 Å². The molecule has 1 aliphatic rings. The summed E-state index contributed by atoms with van der Waals surface area (Å²) in [5.41, 5.74) is 0.00245. The van der Waals surface area contributed by atoms with E-state index < -0.39 is 5.60 Å². The first-order chi connectivity index (χ1) is 12.0. The second kappa shape index (κ2) is 7.28. The quantitative estimate of drug-likeness (QED) is 0.818. The van der Waals surface area contributed by atoms with Crippen molar-refractivity contribution in [1.82, 2.24) is 24.9 Å². The molecule has 0 unspecified atom stereocenters. The zero-order valence-electron chi connectivity index (χ0n) is 14.6. The lowest BCUT2D eigenvalue weighted by Crippen LogP contribution is -2.43. The van der Waals surface area contributed by atoms with Gasteiger partial charge in [-0.2, -0.15) is 4.98 Å². The van der Waals surface area contributed by atoms with E-state index in [0.29, 0.717) is 44.2 Å². The number of rotatable bonds is 6. The highest BCUT2D eigenvalue weighted by atomic mass is 16.5. The van der Waals surface area contributed by atoms with Gasteiger partial charge >= 0.3 is 0 Å². The number of aliphatic hydroxyl groups is 1. The molecule has 2 aromatic heterocycles. The topological polar surface area (TPSA) is 95.6 Å². The van der Waals surface area contributed by atoms with Gasteiger partial charge in [0, 0.05) is 43.9 Å². The first-order valence-corrected chi connectivity index (χ1v) is 8.33. The van der Waals surface area contributed by atoms with Crippen LogP contribution in [0.2, 0.25) is 0 Å². The molecular formula is C17H23N5O3. The van der Waals surface area contributed by atoms with Crippen LogP contribution in [0.4, 0.5) is 0 Å². The number of hydrogen-bond acceptors (Lipinski definition) is 7. The van der Waals surface area contributed by atoms with Crippen molar-refractivity contribution in [1.29, 1.82) is 0 Å². The maximum atomic E-state index is 12.4. The molecule has 1 aliphatic heterocycles. The van der Waals surface area contributed by atoms with Crippen molar-refractivity contribution < 1.29 is 14.4 Å². The third-order valence-electron chi connectivity index (χ3n) is 4.25. The summed E-state index contributed by atoms with van der Waals surface area (Å²) in [6.45, 7) is 1.50. The number of aromatic nitrogens is 3. The highest BCUT2D eigenvalue weighted by molar-refractivity contribution is 5.76. The maximum absolute atomic E-state index is 12.4. The van der Waals surface area contributed by atoms with E-state index in [-0.39, 0.29) is 12.3 Å². The zero-order chi connectivity index (χ0) is 17.9. The summed E-state index contributed by atoms with van der Waals surface area (Å²) in [5, 5.41) is 14.4. The first-order valence-electron chi connectivity index (χ1n) is 8.33. The smallest absolute Gasteiger partial charge is 0.227 e. The van der Waals surface area contributed by atoms with Gasteiger partial charge in [-0.05, 0) is 32.6 Å². The highest BCUT2D eigenvalue weighted by Crippen LogP contribution is 2.23. The fourth-order valence-corrected chi connectivity index (χ4v) is 3.13. The number of carbonyl (C=O) groups is 1. The van der Waals surface area contributed by atoms with Crippen molar-refractivity contribution >= 4 is 5.91 Å². The van der Waals surface area contributed by atoms with Gasteiger partial charge in [-0.25, -0.2) is 0 Å². The van der Waals surface area contributed by atoms with Crippen LogP contribution in [0.15, 0.2) is 29.0 Å². The third-order valence-corrected chi connectivity index (χ3v) is 4.25. The molecular weight excluding hydrogens is 322 g/mol. The molecule has 134 valence electrons. The molecule has 1 atom stereocenters. The molecule has 0 saturated carbocycles. The van der Waals surface area contributed by atoms with E-state index in [1.54, 1.807) is 29.4 Å². The van der Waals surface area contributed by atoms with Gasteiger partial charge in [0.2, 0.25) is 17.6 Å². The molecule has 1 amide bonds. The second-order valence-electron chi connectivity index (χ2n) is 6.78. The summed E-state index contributed by atoms with van der Waals surface area (Å²) in [4.78, 5) is 24.3.